The third kappa shape index (κ3) is 4.48. The summed E-state index contributed by atoms with van der Waals surface area (Å²) in [6, 6.07) is 2.50. The summed E-state index contributed by atoms with van der Waals surface area (Å²) >= 11 is 1.81. The number of carbonyl (C=O) groups excluding carboxylic acids is 1. The third-order valence-corrected chi connectivity index (χ3v) is 3.61. The largest absolute Gasteiger partial charge is 0.466 e. The molecule has 0 aliphatic rings. The van der Waals surface area contributed by atoms with Gasteiger partial charge in [-0.1, -0.05) is 0 Å². The van der Waals surface area contributed by atoms with Crippen molar-refractivity contribution in [3.63, 3.8) is 0 Å². The fourth-order valence-electron chi connectivity index (χ4n) is 1.81. The van der Waals surface area contributed by atoms with E-state index >= 15 is 0 Å². The normalized spacial score (nSPS) is 12.5. The van der Waals surface area contributed by atoms with Crippen LogP contribution in [0.4, 0.5) is 0 Å². The van der Waals surface area contributed by atoms with Crippen molar-refractivity contribution in [1.82, 2.24) is 5.32 Å². The molecule has 1 heterocycles. The smallest absolute Gasteiger partial charge is 0.307 e. The Balaban J connectivity index is 2.37. The number of carbonyl (C=O) groups is 1. The fraction of sp³-hybridized carbons (Fsp3) is 0.615. The zero-order valence-electron chi connectivity index (χ0n) is 11.0. The van der Waals surface area contributed by atoms with Crippen molar-refractivity contribution in [1.29, 1.82) is 0 Å². The first-order valence-corrected chi connectivity index (χ1v) is 6.82. The van der Waals surface area contributed by atoms with E-state index in [1.54, 1.807) is 0 Å². The molecule has 0 fully saturated rings. The van der Waals surface area contributed by atoms with Crippen LogP contribution < -0.4 is 5.32 Å². The second-order valence-corrected chi connectivity index (χ2v) is 5.56. The van der Waals surface area contributed by atoms with Crippen molar-refractivity contribution in [2.24, 2.45) is 0 Å². The van der Waals surface area contributed by atoms with Gasteiger partial charge in [0.25, 0.3) is 0 Å². The SMILES string of the molecule is CCOC(=O)CCNC(C)c1cc(C)sc1C. The molecule has 96 valence electrons. The summed E-state index contributed by atoms with van der Waals surface area (Å²) in [6.07, 6.45) is 0.431. The average molecular weight is 255 g/mol. The molecular weight excluding hydrogens is 234 g/mol. The molecule has 0 aromatic carbocycles. The second kappa shape index (κ2) is 6.77. The molecule has 1 atom stereocenters. The van der Waals surface area contributed by atoms with Gasteiger partial charge in [-0.3, -0.25) is 4.79 Å². The lowest BCUT2D eigenvalue weighted by Crippen LogP contribution is -2.22. The molecule has 0 amide bonds. The van der Waals surface area contributed by atoms with E-state index in [0.29, 0.717) is 19.6 Å². The Morgan fingerprint density at radius 3 is 2.76 bits per heavy atom. The predicted octanol–water partition coefficient (Wildman–Crippen LogP) is 2.97. The monoisotopic (exact) mass is 255 g/mol. The molecule has 0 radical (unpaired) electrons. The van der Waals surface area contributed by atoms with Gasteiger partial charge in [0, 0.05) is 22.3 Å². The molecule has 0 saturated carbocycles. The zero-order chi connectivity index (χ0) is 12.8. The van der Waals surface area contributed by atoms with Crippen LogP contribution in [-0.2, 0) is 9.53 Å². The number of rotatable bonds is 6. The van der Waals surface area contributed by atoms with Crippen LogP contribution in [0.15, 0.2) is 6.07 Å². The Hall–Kier alpha value is -0.870. The van der Waals surface area contributed by atoms with Crippen LogP contribution in [0, 0.1) is 13.8 Å². The Morgan fingerprint density at radius 1 is 1.53 bits per heavy atom. The highest BCUT2D eigenvalue weighted by atomic mass is 32.1. The van der Waals surface area contributed by atoms with E-state index in [1.165, 1.54) is 15.3 Å². The number of hydrogen-bond donors (Lipinski definition) is 1. The highest BCUT2D eigenvalue weighted by Gasteiger charge is 2.11. The molecule has 0 aliphatic carbocycles. The standard InChI is InChI=1S/C13H21NO2S/c1-5-16-13(15)6-7-14-10(3)12-8-9(2)17-11(12)4/h8,10,14H,5-7H2,1-4H3. The van der Waals surface area contributed by atoms with Gasteiger partial charge in [-0.2, -0.15) is 0 Å². The molecule has 1 unspecified atom stereocenters. The van der Waals surface area contributed by atoms with Crippen molar-refractivity contribution in [3.8, 4) is 0 Å². The maximum absolute atomic E-state index is 11.2. The molecule has 0 bridgehead atoms. The summed E-state index contributed by atoms with van der Waals surface area (Å²) in [5.41, 5.74) is 1.33. The summed E-state index contributed by atoms with van der Waals surface area (Å²) in [5.74, 6) is -0.134. The first kappa shape index (κ1) is 14.2. The van der Waals surface area contributed by atoms with Gasteiger partial charge in [0.1, 0.15) is 0 Å². The van der Waals surface area contributed by atoms with Gasteiger partial charge >= 0.3 is 5.97 Å². The minimum absolute atomic E-state index is 0.134. The van der Waals surface area contributed by atoms with E-state index in [-0.39, 0.29) is 12.0 Å². The quantitative estimate of drug-likeness (QED) is 0.794. The average Bonchev–Trinajstić information content (AvgIpc) is 2.58. The Bertz CT molecular complexity index is 373. The van der Waals surface area contributed by atoms with Crippen molar-refractivity contribution < 1.29 is 9.53 Å². The fourth-order valence-corrected chi connectivity index (χ4v) is 2.84. The van der Waals surface area contributed by atoms with Crippen molar-refractivity contribution >= 4 is 17.3 Å². The molecule has 0 aliphatic heterocycles. The second-order valence-electron chi connectivity index (χ2n) is 4.10. The van der Waals surface area contributed by atoms with E-state index in [4.69, 9.17) is 4.74 Å². The van der Waals surface area contributed by atoms with Crippen molar-refractivity contribution in [2.75, 3.05) is 13.2 Å². The predicted molar refractivity (Wildman–Crippen MR) is 71.5 cm³/mol. The Labute approximate surface area is 107 Å². The molecule has 0 saturated heterocycles. The first-order chi connectivity index (χ1) is 8.04. The molecular formula is C13H21NO2S. The molecule has 1 aromatic rings. The van der Waals surface area contributed by atoms with Crippen LogP contribution in [-0.4, -0.2) is 19.1 Å². The van der Waals surface area contributed by atoms with Crippen molar-refractivity contribution in [2.45, 2.75) is 40.2 Å². The highest BCUT2D eigenvalue weighted by molar-refractivity contribution is 7.12. The maximum Gasteiger partial charge on any atom is 0.307 e. The first-order valence-electron chi connectivity index (χ1n) is 6.00. The van der Waals surface area contributed by atoms with Crippen LogP contribution in [0.2, 0.25) is 0 Å². The minimum Gasteiger partial charge on any atom is -0.466 e. The summed E-state index contributed by atoms with van der Waals surface area (Å²) in [5, 5.41) is 3.35. The van der Waals surface area contributed by atoms with E-state index in [9.17, 15) is 4.79 Å². The summed E-state index contributed by atoms with van der Waals surface area (Å²) in [7, 11) is 0. The molecule has 1 aromatic heterocycles. The number of hydrogen-bond acceptors (Lipinski definition) is 4. The van der Waals surface area contributed by atoms with E-state index < -0.39 is 0 Å². The lowest BCUT2D eigenvalue weighted by atomic mass is 10.1. The van der Waals surface area contributed by atoms with E-state index in [2.05, 4.69) is 32.2 Å². The number of ether oxygens (including phenoxy) is 1. The van der Waals surface area contributed by atoms with E-state index in [0.717, 1.165) is 0 Å². The summed E-state index contributed by atoms with van der Waals surface area (Å²) in [4.78, 5) is 13.8. The van der Waals surface area contributed by atoms with Crippen LogP contribution in [0.1, 0.15) is 41.6 Å². The zero-order valence-corrected chi connectivity index (χ0v) is 11.8. The van der Waals surface area contributed by atoms with Crippen LogP contribution >= 0.6 is 11.3 Å². The molecule has 17 heavy (non-hydrogen) atoms. The topological polar surface area (TPSA) is 38.3 Å². The number of thiophene rings is 1. The van der Waals surface area contributed by atoms with Gasteiger partial charge in [-0.25, -0.2) is 0 Å². The third-order valence-electron chi connectivity index (χ3n) is 2.63. The van der Waals surface area contributed by atoms with Crippen LogP contribution in [0.3, 0.4) is 0 Å². The molecule has 1 rings (SSSR count). The summed E-state index contributed by atoms with van der Waals surface area (Å²) < 4.78 is 4.88. The number of aryl methyl sites for hydroxylation is 2. The Kier molecular flexibility index (Phi) is 5.65. The number of nitrogens with one attached hydrogen (secondary N) is 1. The van der Waals surface area contributed by atoms with Gasteiger partial charge < -0.3 is 10.1 Å². The summed E-state index contributed by atoms with van der Waals surface area (Å²) in [6.45, 7) is 9.32. The molecule has 3 nitrogen and oxygen atoms in total. The van der Waals surface area contributed by atoms with Gasteiger partial charge in [-0.15, -0.1) is 11.3 Å². The van der Waals surface area contributed by atoms with Gasteiger partial charge in [0.2, 0.25) is 0 Å². The van der Waals surface area contributed by atoms with Crippen LogP contribution in [0.5, 0.6) is 0 Å². The van der Waals surface area contributed by atoms with Gasteiger partial charge in [-0.05, 0) is 39.3 Å². The molecule has 4 heteroatoms. The van der Waals surface area contributed by atoms with Crippen molar-refractivity contribution in [3.05, 3.63) is 21.4 Å². The lowest BCUT2D eigenvalue weighted by molar-refractivity contribution is -0.143. The lowest BCUT2D eigenvalue weighted by Gasteiger charge is -2.13. The minimum atomic E-state index is -0.134. The van der Waals surface area contributed by atoms with Gasteiger partial charge in [0.05, 0.1) is 13.0 Å². The van der Waals surface area contributed by atoms with E-state index in [1.807, 2.05) is 18.3 Å². The Morgan fingerprint density at radius 2 is 2.24 bits per heavy atom. The molecule has 1 N–H and O–H groups in total. The maximum atomic E-state index is 11.2. The molecule has 0 spiro atoms. The number of esters is 1. The van der Waals surface area contributed by atoms with Crippen LogP contribution in [0.25, 0.3) is 0 Å². The highest BCUT2D eigenvalue weighted by Crippen LogP contribution is 2.25. The van der Waals surface area contributed by atoms with Gasteiger partial charge in [0.15, 0.2) is 0 Å².